The molecule has 1 heterocycles. The number of aromatic hydroxyl groups is 1. The third-order valence-corrected chi connectivity index (χ3v) is 3.20. The summed E-state index contributed by atoms with van der Waals surface area (Å²) >= 11 is 11.7. The highest BCUT2D eigenvalue weighted by molar-refractivity contribution is 6.31. The van der Waals surface area contributed by atoms with E-state index in [9.17, 15) is 5.11 Å². The minimum atomic E-state index is 0.0284. The van der Waals surface area contributed by atoms with Crippen LogP contribution in [0.3, 0.4) is 0 Å². The third-order valence-electron chi connectivity index (χ3n) is 2.72. The van der Waals surface area contributed by atoms with Crippen LogP contribution in [0.5, 0.6) is 5.75 Å². The Hall–Kier alpha value is -2.04. The molecule has 0 amide bonds. The summed E-state index contributed by atoms with van der Waals surface area (Å²) in [6, 6.07) is 11.7. The Bertz CT molecular complexity index is 754. The molecule has 0 fully saturated rings. The zero-order chi connectivity index (χ0) is 14.1. The summed E-state index contributed by atoms with van der Waals surface area (Å²) in [7, 11) is 0. The Labute approximate surface area is 124 Å². The standard InChI is InChI=1S/C14H8Cl2N2O2/c15-9-3-1-8(2-4-9)13-17-14(20-18-13)11-7-10(16)5-6-12(11)19/h1-7,19H. The highest BCUT2D eigenvalue weighted by Gasteiger charge is 2.14. The number of hydrogen-bond acceptors (Lipinski definition) is 4. The van der Waals surface area contributed by atoms with Gasteiger partial charge < -0.3 is 9.63 Å². The molecule has 0 spiro atoms. The fourth-order valence-corrected chi connectivity index (χ4v) is 2.03. The summed E-state index contributed by atoms with van der Waals surface area (Å²) in [5, 5.41) is 14.8. The van der Waals surface area contributed by atoms with E-state index in [2.05, 4.69) is 10.1 Å². The molecular weight excluding hydrogens is 299 g/mol. The van der Waals surface area contributed by atoms with Gasteiger partial charge in [-0.2, -0.15) is 4.98 Å². The number of hydrogen-bond donors (Lipinski definition) is 1. The summed E-state index contributed by atoms with van der Waals surface area (Å²) in [6.45, 7) is 0. The molecule has 6 heteroatoms. The van der Waals surface area contributed by atoms with E-state index in [-0.39, 0.29) is 11.6 Å². The molecule has 0 aliphatic heterocycles. The Morgan fingerprint density at radius 1 is 0.950 bits per heavy atom. The lowest BCUT2D eigenvalue weighted by molar-refractivity contribution is 0.426. The lowest BCUT2D eigenvalue weighted by Gasteiger charge is -1.99. The van der Waals surface area contributed by atoms with Crippen LogP contribution in [0.25, 0.3) is 22.8 Å². The van der Waals surface area contributed by atoms with Crippen molar-refractivity contribution in [1.82, 2.24) is 10.1 Å². The zero-order valence-corrected chi connectivity index (χ0v) is 11.6. The lowest BCUT2D eigenvalue weighted by atomic mass is 10.2. The van der Waals surface area contributed by atoms with E-state index in [1.54, 1.807) is 36.4 Å². The number of aromatic nitrogens is 2. The van der Waals surface area contributed by atoms with E-state index < -0.39 is 0 Å². The molecule has 20 heavy (non-hydrogen) atoms. The summed E-state index contributed by atoms with van der Waals surface area (Å²) in [5.41, 5.74) is 1.16. The molecule has 0 radical (unpaired) electrons. The Morgan fingerprint density at radius 3 is 2.40 bits per heavy atom. The third kappa shape index (κ3) is 2.48. The van der Waals surface area contributed by atoms with Gasteiger partial charge in [-0.15, -0.1) is 0 Å². The molecular formula is C14H8Cl2N2O2. The largest absolute Gasteiger partial charge is 0.507 e. The zero-order valence-electron chi connectivity index (χ0n) is 10.0. The summed E-state index contributed by atoms with van der Waals surface area (Å²) in [4.78, 5) is 4.24. The van der Waals surface area contributed by atoms with Gasteiger partial charge in [-0.05, 0) is 42.5 Å². The topological polar surface area (TPSA) is 59.2 Å². The first-order valence-corrected chi connectivity index (χ1v) is 6.47. The Kier molecular flexibility index (Phi) is 3.34. The second kappa shape index (κ2) is 5.15. The Balaban J connectivity index is 2.01. The molecule has 0 aliphatic rings. The molecule has 0 unspecified atom stereocenters. The van der Waals surface area contributed by atoms with Gasteiger partial charge in [-0.1, -0.05) is 28.4 Å². The van der Waals surface area contributed by atoms with Crippen LogP contribution in [0.4, 0.5) is 0 Å². The molecule has 4 nitrogen and oxygen atoms in total. The number of rotatable bonds is 2. The predicted molar refractivity (Wildman–Crippen MR) is 76.9 cm³/mol. The average molecular weight is 307 g/mol. The van der Waals surface area contributed by atoms with E-state index in [0.717, 1.165) is 5.56 Å². The van der Waals surface area contributed by atoms with Crippen molar-refractivity contribution in [3.63, 3.8) is 0 Å². The van der Waals surface area contributed by atoms with Gasteiger partial charge in [0.1, 0.15) is 5.75 Å². The predicted octanol–water partition coefficient (Wildman–Crippen LogP) is 4.42. The normalized spacial score (nSPS) is 10.7. The highest BCUT2D eigenvalue weighted by Crippen LogP contribution is 2.31. The molecule has 2 aromatic carbocycles. The molecule has 1 aromatic heterocycles. The fraction of sp³-hybridized carbons (Fsp3) is 0. The van der Waals surface area contributed by atoms with Crippen LogP contribution in [0.1, 0.15) is 0 Å². The van der Waals surface area contributed by atoms with Crippen molar-refractivity contribution in [2.24, 2.45) is 0 Å². The maximum atomic E-state index is 9.80. The number of nitrogens with zero attached hydrogens (tertiary/aromatic N) is 2. The summed E-state index contributed by atoms with van der Waals surface area (Å²) < 4.78 is 5.16. The van der Waals surface area contributed by atoms with Gasteiger partial charge in [-0.25, -0.2) is 0 Å². The van der Waals surface area contributed by atoms with Gasteiger partial charge in [-0.3, -0.25) is 0 Å². The van der Waals surface area contributed by atoms with Crippen LogP contribution in [-0.4, -0.2) is 15.2 Å². The number of phenolic OH excluding ortho intramolecular Hbond substituents is 1. The van der Waals surface area contributed by atoms with Crippen LogP contribution >= 0.6 is 23.2 Å². The Morgan fingerprint density at radius 2 is 1.65 bits per heavy atom. The van der Waals surface area contributed by atoms with E-state index in [1.165, 1.54) is 6.07 Å². The van der Waals surface area contributed by atoms with Gasteiger partial charge >= 0.3 is 0 Å². The minimum absolute atomic E-state index is 0.0284. The first-order valence-electron chi connectivity index (χ1n) is 5.72. The molecule has 0 aliphatic carbocycles. The SMILES string of the molecule is Oc1ccc(Cl)cc1-c1nc(-c2ccc(Cl)cc2)no1. The van der Waals surface area contributed by atoms with Crippen LogP contribution in [-0.2, 0) is 0 Å². The van der Waals surface area contributed by atoms with Crippen LogP contribution in [0.2, 0.25) is 10.0 Å². The van der Waals surface area contributed by atoms with Crippen molar-refractivity contribution >= 4 is 23.2 Å². The molecule has 3 aromatic rings. The van der Waals surface area contributed by atoms with Crippen molar-refractivity contribution in [3.05, 3.63) is 52.5 Å². The van der Waals surface area contributed by atoms with Crippen molar-refractivity contribution < 1.29 is 9.63 Å². The molecule has 0 saturated heterocycles. The van der Waals surface area contributed by atoms with Gasteiger partial charge in [0.15, 0.2) is 0 Å². The molecule has 1 N–H and O–H groups in total. The quantitative estimate of drug-likeness (QED) is 0.761. The monoisotopic (exact) mass is 306 g/mol. The molecule has 0 saturated carbocycles. The van der Waals surface area contributed by atoms with Crippen LogP contribution in [0, 0.1) is 0 Å². The van der Waals surface area contributed by atoms with Crippen molar-refractivity contribution in [1.29, 1.82) is 0 Å². The second-order valence-electron chi connectivity index (χ2n) is 4.09. The average Bonchev–Trinajstić information content (AvgIpc) is 2.92. The van der Waals surface area contributed by atoms with Crippen LogP contribution in [0.15, 0.2) is 47.0 Å². The summed E-state index contributed by atoms with van der Waals surface area (Å²) in [5.74, 6) is 0.645. The van der Waals surface area contributed by atoms with Gasteiger partial charge in [0.05, 0.1) is 5.56 Å². The van der Waals surface area contributed by atoms with Gasteiger partial charge in [0, 0.05) is 15.6 Å². The maximum absolute atomic E-state index is 9.80. The highest BCUT2D eigenvalue weighted by atomic mass is 35.5. The van der Waals surface area contributed by atoms with Gasteiger partial charge in [0.25, 0.3) is 5.89 Å². The minimum Gasteiger partial charge on any atom is -0.507 e. The maximum Gasteiger partial charge on any atom is 0.262 e. The van der Waals surface area contributed by atoms with Crippen molar-refractivity contribution in [3.8, 4) is 28.6 Å². The van der Waals surface area contributed by atoms with E-state index >= 15 is 0 Å². The van der Waals surface area contributed by atoms with E-state index in [1.807, 2.05) is 0 Å². The molecule has 3 rings (SSSR count). The lowest BCUT2D eigenvalue weighted by Crippen LogP contribution is -1.82. The number of phenols is 1. The summed E-state index contributed by atoms with van der Waals surface area (Å²) in [6.07, 6.45) is 0. The van der Waals surface area contributed by atoms with E-state index in [4.69, 9.17) is 27.7 Å². The van der Waals surface area contributed by atoms with Gasteiger partial charge in [0.2, 0.25) is 5.82 Å². The fourth-order valence-electron chi connectivity index (χ4n) is 1.73. The van der Waals surface area contributed by atoms with E-state index in [0.29, 0.717) is 21.4 Å². The number of halogens is 2. The first kappa shape index (κ1) is 13.0. The first-order chi connectivity index (χ1) is 9.63. The van der Waals surface area contributed by atoms with Crippen LogP contribution < -0.4 is 0 Å². The molecule has 0 bridgehead atoms. The molecule has 0 atom stereocenters. The van der Waals surface area contributed by atoms with Crippen molar-refractivity contribution in [2.75, 3.05) is 0 Å². The van der Waals surface area contributed by atoms with Crippen molar-refractivity contribution in [2.45, 2.75) is 0 Å². The number of benzene rings is 2. The smallest absolute Gasteiger partial charge is 0.262 e. The molecule has 100 valence electrons. The second-order valence-corrected chi connectivity index (χ2v) is 4.96.